The number of halogens is 3. The molecule has 0 saturated carbocycles. The van der Waals surface area contributed by atoms with Gasteiger partial charge in [-0.25, -0.2) is 0 Å². The Bertz CT molecular complexity index is 567. The first-order valence-electron chi connectivity index (χ1n) is 4.94. The maximum absolute atomic E-state index is 12.5. The number of ketones is 1. The molecule has 0 atom stereocenters. The lowest BCUT2D eigenvalue weighted by atomic mass is 10.1. The zero-order valence-electron chi connectivity index (χ0n) is 8.97. The topological polar surface area (TPSA) is 30.2 Å². The zero-order chi connectivity index (χ0) is 12.6. The van der Waals surface area contributed by atoms with E-state index in [1.54, 1.807) is 0 Å². The molecule has 2 nitrogen and oxygen atoms in total. The van der Waals surface area contributed by atoms with E-state index in [1.807, 2.05) is 0 Å². The van der Waals surface area contributed by atoms with Crippen LogP contribution in [0.2, 0.25) is 0 Å². The number of furan rings is 1. The molecule has 5 heteroatoms. The van der Waals surface area contributed by atoms with Crippen LogP contribution in [-0.2, 0) is 17.4 Å². The van der Waals surface area contributed by atoms with Crippen LogP contribution >= 0.6 is 0 Å². The minimum Gasteiger partial charge on any atom is -0.464 e. The molecule has 0 aliphatic rings. The number of rotatable bonds is 2. The minimum absolute atomic E-state index is 0.0777. The molecule has 0 bridgehead atoms. The Balaban J connectivity index is 2.54. The van der Waals surface area contributed by atoms with Crippen molar-refractivity contribution in [1.29, 1.82) is 0 Å². The average molecular weight is 242 g/mol. The highest BCUT2D eigenvalue weighted by Gasteiger charge is 2.30. The van der Waals surface area contributed by atoms with E-state index < -0.39 is 11.7 Å². The molecule has 0 aliphatic carbocycles. The molecule has 0 radical (unpaired) electrons. The number of carbonyl (C=O) groups excluding carboxylic acids is 1. The predicted molar refractivity (Wildman–Crippen MR) is 55.6 cm³/mol. The lowest BCUT2D eigenvalue weighted by Gasteiger charge is -2.06. The zero-order valence-corrected chi connectivity index (χ0v) is 8.97. The summed E-state index contributed by atoms with van der Waals surface area (Å²) >= 11 is 0. The van der Waals surface area contributed by atoms with Crippen molar-refractivity contribution in [1.82, 2.24) is 0 Å². The van der Waals surface area contributed by atoms with Gasteiger partial charge in [-0.2, -0.15) is 13.2 Å². The van der Waals surface area contributed by atoms with Crippen molar-refractivity contribution in [2.24, 2.45) is 0 Å². The Morgan fingerprint density at radius 3 is 2.65 bits per heavy atom. The summed E-state index contributed by atoms with van der Waals surface area (Å²) in [5.74, 6) is -0.120. The first-order valence-corrected chi connectivity index (χ1v) is 4.94. The van der Waals surface area contributed by atoms with Crippen LogP contribution in [0, 0.1) is 0 Å². The van der Waals surface area contributed by atoms with Gasteiger partial charge in [0, 0.05) is 17.4 Å². The largest absolute Gasteiger partial charge is 0.464 e. The van der Waals surface area contributed by atoms with Crippen molar-refractivity contribution >= 4 is 16.8 Å². The van der Waals surface area contributed by atoms with Crippen molar-refractivity contribution in [3.05, 3.63) is 35.6 Å². The third-order valence-electron chi connectivity index (χ3n) is 2.42. The molecule has 0 amide bonds. The molecule has 0 N–H and O–H groups in total. The maximum atomic E-state index is 12.5. The van der Waals surface area contributed by atoms with Crippen LogP contribution < -0.4 is 0 Å². The first kappa shape index (κ1) is 11.7. The van der Waals surface area contributed by atoms with Gasteiger partial charge >= 0.3 is 6.18 Å². The van der Waals surface area contributed by atoms with Crippen LogP contribution in [0.1, 0.15) is 18.1 Å². The molecular weight excluding hydrogens is 233 g/mol. The fourth-order valence-corrected chi connectivity index (χ4v) is 1.66. The van der Waals surface area contributed by atoms with Gasteiger partial charge in [0.1, 0.15) is 11.4 Å². The summed E-state index contributed by atoms with van der Waals surface area (Å²) in [5.41, 5.74) is 0.101. The van der Waals surface area contributed by atoms with Gasteiger partial charge in [0.2, 0.25) is 0 Å². The van der Waals surface area contributed by atoms with Gasteiger partial charge in [0.25, 0.3) is 0 Å². The van der Waals surface area contributed by atoms with E-state index in [2.05, 4.69) is 0 Å². The van der Waals surface area contributed by atoms with Crippen molar-refractivity contribution in [3.8, 4) is 0 Å². The fraction of sp³-hybridized carbons (Fsp3) is 0.250. The van der Waals surface area contributed by atoms with E-state index in [0.29, 0.717) is 16.5 Å². The molecule has 0 spiro atoms. The number of hydrogen-bond acceptors (Lipinski definition) is 2. The molecule has 90 valence electrons. The van der Waals surface area contributed by atoms with E-state index in [0.717, 1.165) is 12.1 Å². The summed E-state index contributed by atoms with van der Waals surface area (Å²) in [6, 6.07) is 3.24. The molecule has 2 aromatic rings. The lowest BCUT2D eigenvalue weighted by Crippen LogP contribution is -2.04. The van der Waals surface area contributed by atoms with Crippen LogP contribution in [-0.4, -0.2) is 5.78 Å². The second-order valence-electron chi connectivity index (χ2n) is 3.85. The molecule has 1 heterocycles. The van der Waals surface area contributed by atoms with Crippen LogP contribution in [0.25, 0.3) is 11.0 Å². The van der Waals surface area contributed by atoms with E-state index in [9.17, 15) is 18.0 Å². The highest BCUT2D eigenvalue weighted by atomic mass is 19.4. The number of hydrogen-bond donors (Lipinski definition) is 0. The van der Waals surface area contributed by atoms with Crippen LogP contribution in [0.3, 0.4) is 0 Å². The van der Waals surface area contributed by atoms with E-state index in [-0.39, 0.29) is 12.2 Å². The van der Waals surface area contributed by atoms with Gasteiger partial charge in [-0.05, 0) is 25.1 Å². The number of carbonyl (C=O) groups is 1. The third kappa shape index (κ3) is 2.33. The molecule has 2 rings (SSSR count). The Hall–Kier alpha value is -1.78. The fourth-order valence-electron chi connectivity index (χ4n) is 1.66. The molecule has 1 aromatic heterocycles. The molecule has 0 saturated heterocycles. The normalized spacial score (nSPS) is 12.0. The Morgan fingerprint density at radius 1 is 1.35 bits per heavy atom. The van der Waals surface area contributed by atoms with Crippen molar-refractivity contribution in [2.45, 2.75) is 19.5 Å². The second kappa shape index (κ2) is 3.91. The van der Waals surface area contributed by atoms with Crippen molar-refractivity contribution in [2.75, 3.05) is 0 Å². The lowest BCUT2D eigenvalue weighted by molar-refractivity contribution is -0.137. The number of fused-ring (bicyclic) bond motifs is 1. The van der Waals surface area contributed by atoms with Gasteiger partial charge in [-0.15, -0.1) is 0 Å². The summed E-state index contributed by atoms with van der Waals surface area (Å²) < 4.78 is 42.7. The predicted octanol–water partition coefficient (Wildman–Crippen LogP) is 3.58. The molecule has 0 aliphatic heterocycles. The van der Waals surface area contributed by atoms with Crippen LogP contribution in [0.15, 0.2) is 28.9 Å². The SMILES string of the molecule is CC(=O)Cc1coc2ccc(C(F)(F)F)cc12. The van der Waals surface area contributed by atoms with Crippen molar-refractivity contribution in [3.63, 3.8) is 0 Å². The van der Waals surface area contributed by atoms with E-state index >= 15 is 0 Å². The average Bonchev–Trinajstić information content (AvgIpc) is 2.59. The summed E-state index contributed by atoms with van der Waals surface area (Å²) in [6.45, 7) is 1.38. The van der Waals surface area contributed by atoms with Gasteiger partial charge in [0.05, 0.1) is 11.8 Å². The Kier molecular flexibility index (Phi) is 2.69. The summed E-state index contributed by atoms with van der Waals surface area (Å²) in [4.78, 5) is 11.0. The number of alkyl halides is 3. The van der Waals surface area contributed by atoms with Crippen LogP contribution in [0.5, 0.6) is 0 Å². The number of Topliss-reactive ketones (excluding diaryl/α,β-unsaturated/α-hetero) is 1. The van der Waals surface area contributed by atoms with E-state index in [4.69, 9.17) is 4.42 Å². The molecule has 1 aromatic carbocycles. The maximum Gasteiger partial charge on any atom is 0.416 e. The molecular formula is C12H9F3O2. The molecule has 0 fully saturated rings. The molecule has 0 unspecified atom stereocenters. The Labute approximate surface area is 95.0 Å². The second-order valence-corrected chi connectivity index (χ2v) is 3.85. The quantitative estimate of drug-likeness (QED) is 0.805. The Morgan fingerprint density at radius 2 is 2.06 bits per heavy atom. The summed E-state index contributed by atoms with van der Waals surface area (Å²) in [7, 11) is 0. The van der Waals surface area contributed by atoms with Crippen molar-refractivity contribution < 1.29 is 22.4 Å². The minimum atomic E-state index is -4.39. The first-order chi connectivity index (χ1) is 7.88. The third-order valence-corrected chi connectivity index (χ3v) is 2.42. The monoisotopic (exact) mass is 242 g/mol. The highest BCUT2D eigenvalue weighted by Crippen LogP contribution is 2.33. The number of benzene rings is 1. The van der Waals surface area contributed by atoms with Gasteiger partial charge in [-0.1, -0.05) is 0 Å². The summed E-state index contributed by atoms with van der Waals surface area (Å²) in [5, 5.41) is 0.343. The smallest absolute Gasteiger partial charge is 0.416 e. The van der Waals surface area contributed by atoms with Gasteiger partial charge in [-0.3, -0.25) is 4.79 Å². The standard InChI is InChI=1S/C12H9F3O2/c1-7(16)4-8-6-17-11-3-2-9(5-10(8)11)12(13,14)15/h2-3,5-6H,4H2,1H3. The highest BCUT2D eigenvalue weighted by molar-refractivity contribution is 5.87. The molecule has 17 heavy (non-hydrogen) atoms. The van der Waals surface area contributed by atoms with E-state index in [1.165, 1.54) is 19.3 Å². The van der Waals surface area contributed by atoms with Gasteiger partial charge in [0.15, 0.2) is 0 Å². The van der Waals surface area contributed by atoms with Gasteiger partial charge < -0.3 is 4.42 Å². The van der Waals surface area contributed by atoms with Crippen LogP contribution in [0.4, 0.5) is 13.2 Å². The summed E-state index contributed by atoms with van der Waals surface area (Å²) in [6.07, 6.45) is -2.99.